The molecule has 0 unspecified atom stereocenters. The van der Waals surface area contributed by atoms with Crippen LogP contribution in [0.2, 0.25) is 15.1 Å². The molecule has 3 rings (SSSR count). The predicted octanol–water partition coefficient (Wildman–Crippen LogP) is 7.72. The van der Waals surface area contributed by atoms with E-state index < -0.39 is 0 Å². The summed E-state index contributed by atoms with van der Waals surface area (Å²) in [5.74, 6) is 1.38. The molecular weight excluding hydrogens is 521 g/mol. The highest BCUT2D eigenvalue weighted by atomic mass is 79.9. The molecule has 0 aliphatic carbocycles. The van der Waals surface area contributed by atoms with Crippen molar-refractivity contribution in [3.63, 3.8) is 0 Å². The van der Waals surface area contributed by atoms with Crippen molar-refractivity contribution in [3.05, 3.63) is 90.8 Å². The number of halogens is 4. The van der Waals surface area contributed by atoms with Crippen molar-refractivity contribution >= 4 is 50.7 Å². The Balaban J connectivity index is 1.63. The van der Waals surface area contributed by atoms with E-state index in [2.05, 4.69) is 21.2 Å². The minimum absolute atomic E-state index is 0.367. The van der Waals surface area contributed by atoms with Gasteiger partial charge in [-0.2, -0.15) is 0 Å². The Bertz CT molecular complexity index is 1030. The number of nitrogens with one attached hydrogen (secondary N) is 1. The highest BCUT2D eigenvalue weighted by Crippen LogP contribution is 2.35. The van der Waals surface area contributed by atoms with Crippen LogP contribution in [0.15, 0.2) is 59.1 Å². The molecule has 0 aliphatic heterocycles. The van der Waals surface area contributed by atoms with Crippen LogP contribution in [0.4, 0.5) is 0 Å². The summed E-state index contributed by atoms with van der Waals surface area (Å²) in [6.45, 7) is 4.32. The van der Waals surface area contributed by atoms with Gasteiger partial charge in [-0.05, 0) is 61.3 Å². The van der Waals surface area contributed by atoms with Crippen LogP contribution in [-0.2, 0) is 19.6 Å². The lowest BCUT2D eigenvalue weighted by atomic mass is 10.1. The maximum absolute atomic E-state index is 6.25. The first-order valence-electron chi connectivity index (χ1n) is 9.94. The van der Waals surface area contributed by atoms with Crippen LogP contribution in [0.3, 0.4) is 0 Å². The minimum Gasteiger partial charge on any atom is -0.490 e. The molecule has 1 N–H and O–H groups in total. The van der Waals surface area contributed by atoms with E-state index in [1.54, 1.807) is 6.07 Å². The zero-order valence-electron chi connectivity index (χ0n) is 17.1. The summed E-state index contributed by atoms with van der Waals surface area (Å²) in [6, 6.07) is 17.2. The molecule has 0 bridgehead atoms. The molecule has 0 aromatic heterocycles. The summed E-state index contributed by atoms with van der Waals surface area (Å²) in [5, 5.41) is 5.47. The van der Waals surface area contributed by atoms with E-state index in [9.17, 15) is 0 Å². The third kappa shape index (κ3) is 7.03. The fourth-order valence-electron chi connectivity index (χ4n) is 3.04. The van der Waals surface area contributed by atoms with E-state index in [-0.39, 0.29) is 0 Å². The molecule has 0 radical (unpaired) electrons. The summed E-state index contributed by atoms with van der Waals surface area (Å²) in [5.41, 5.74) is 3.07. The Morgan fingerprint density at radius 2 is 1.61 bits per heavy atom. The van der Waals surface area contributed by atoms with E-state index >= 15 is 0 Å². The van der Waals surface area contributed by atoms with Gasteiger partial charge in [0.2, 0.25) is 0 Å². The van der Waals surface area contributed by atoms with Crippen molar-refractivity contribution < 1.29 is 9.47 Å². The molecule has 3 nitrogen and oxygen atoms in total. The predicted molar refractivity (Wildman–Crippen MR) is 133 cm³/mol. The van der Waals surface area contributed by atoms with Crippen LogP contribution >= 0.6 is 50.7 Å². The number of hydrogen-bond acceptors (Lipinski definition) is 3. The van der Waals surface area contributed by atoms with Crippen molar-refractivity contribution in [2.45, 2.75) is 26.5 Å². The standard InChI is InChI=1S/C24H23BrCl3NO2/c1-2-30-23-11-18(14-29-10-9-16-7-8-19(26)12-22(16)28)20(25)13-24(23)31-15-17-5-3-4-6-21(17)27/h3-8,11-13,29H,2,9-10,14-15H2,1H3. The first-order chi connectivity index (χ1) is 15.0. The van der Waals surface area contributed by atoms with Crippen LogP contribution in [-0.4, -0.2) is 13.2 Å². The first-order valence-corrected chi connectivity index (χ1v) is 11.9. The fraction of sp³-hybridized carbons (Fsp3) is 0.250. The summed E-state index contributed by atoms with van der Waals surface area (Å²) in [7, 11) is 0. The number of ether oxygens (including phenoxy) is 2. The van der Waals surface area contributed by atoms with E-state index in [0.717, 1.165) is 34.1 Å². The second-order valence-corrected chi connectivity index (χ2v) is 8.97. The van der Waals surface area contributed by atoms with Gasteiger partial charge in [-0.15, -0.1) is 0 Å². The zero-order valence-corrected chi connectivity index (χ0v) is 20.9. The molecule has 31 heavy (non-hydrogen) atoms. The Kier molecular flexibility index (Phi) is 9.36. The van der Waals surface area contributed by atoms with Crippen LogP contribution in [0, 0.1) is 0 Å². The zero-order chi connectivity index (χ0) is 22.2. The Hall–Kier alpha value is -1.43. The number of benzene rings is 3. The Labute approximate surface area is 206 Å². The molecule has 0 saturated heterocycles. The van der Waals surface area contributed by atoms with Crippen molar-refractivity contribution in [1.29, 1.82) is 0 Å². The summed E-state index contributed by atoms with van der Waals surface area (Å²) >= 11 is 22.1. The normalized spacial score (nSPS) is 10.9. The molecular formula is C24H23BrCl3NO2. The highest BCUT2D eigenvalue weighted by molar-refractivity contribution is 9.10. The molecule has 7 heteroatoms. The molecule has 0 fully saturated rings. The number of hydrogen-bond donors (Lipinski definition) is 1. The van der Waals surface area contributed by atoms with Gasteiger partial charge in [-0.3, -0.25) is 0 Å². The number of rotatable bonds is 10. The van der Waals surface area contributed by atoms with Crippen LogP contribution in [0.25, 0.3) is 0 Å². The third-order valence-electron chi connectivity index (χ3n) is 4.66. The van der Waals surface area contributed by atoms with Gasteiger partial charge in [-0.1, -0.05) is 75.0 Å². The third-order valence-corrected chi connectivity index (χ3v) is 6.35. The lowest BCUT2D eigenvalue weighted by Crippen LogP contribution is -2.17. The fourth-order valence-corrected chi connectivity index (χ4v) is 4.19. The molecule has 0 heterocycles. The Morgan fingerprint density at radius 3 is 2.35 bits per heavy atom. The average Bonchev–Trinajstić information content (AvgIpc) is 2.74. The largest absolute Gasteiger partial charge is 0.490 e. The van der Waals surface area contributed by atoms with Crippen molar-refractivity contribution in [2.75, 3.05) is 13.2 Å². The molecule has 3 aromatic carbocycles. The van der Waals surface area contributed by atoms with Crippen molar-refractivity contribution in [1.82, 2.24) is 5.32 Å². The van der Waals surface area contributed by atoms with Gasteiger partial charge in [0.15, 0.2) is 11.5 Å². The van der Waals surface area contributed by atoms with E-state index in [1.807, 2.05) is 55.5 Å². The van der Waals surface area contributed by atoms with Gasteiger partial charge in [-0.25, -0.2) is 0 Å². The second kappa shape index (κ2) is 12.0. The molecule has 0 saturated carbocycles. The molecule has 0 atom stereocenters. The van der Waals surface area contributed by atoms with Crippen LogP contribution in [0.1, 0.15) is 23.6 Å². The molecule has 0 aliphatic rings. The van der Waals surface area contributed by atoms with E-state index in [0.29, 0.717) is 46.3 Å². The van der Waals surface area contributed by atoms with Crippen LogP contribution < -0.4 is 14.8 Å². The van der Waals surface area contributed by atoms with Gasteiger partial charge in [0.1, 0.15) is 6.61 Å². The quantitative estimate of drug-likeness (QED) is 0.266. The Morgan fingerprint density at radius 1 is 0.839 bits per heavy atom. The maximum Gasteiger partial charge on any atom is 0.162 e. The van der Waals surface area contributed by atoms with Gasteiger partial charge in [0.25, 0.3) is 0 Å². The SMILES string of the molecule is CCOc1cc(CNCCc2ccc(Cl)cc2Cl)c(Br)cc1OCc1ccccc1Cl. The maximum atomic E-state index is 6.25. The highest BCUT2D eigenvalue weighted by Gasteiger charge is 2.12. The summed E-state index contributed by atoms with van der Waals surface area (Å²) in [4.78, 5) is 0. The first kappa shape index (κ1) is 24.2. The lowest BCUT2D eigenvalue weighted by molar-refractivity contribution is 0.269. The summed E-state index contributed by atoms with van der Waals surface area (Å²) < 4.78 is 12.8. The van der Waals surface area contributed by atoms with Crippen LogP contribution in [0.5, 0.6) is 11.5 Å². The topological polar surface area (TPSA) is 30.5 Å². The van der Waals surface area contributed by atoms with E-state index in [1.165, 1.54) is 0 Å². The van der Waals surface area contributed by atoms with E-state index in [4.69, 9.17) is 44.3 Å². The van der Waals surface area contributed by atoms with Gasteiger partial charge >= 0.3 is 0 Å². The minimum atomic E-state index is 0.367. The monoisotopic (exact) mass is 541 g/mol. The molecule has 0 amide bonds. The lowest BCUT2D eigenvalue weighted by Gasteiger charge is -2.16. The van der Waals surface area contributed by atoms with Gasteiger partial charge < -0.3 is 14.8 Å². The van der Waals surface area contributed by atoms with Crippen molar-refractivity contribution in [3.8, 4) is 11.5 Å². The second-order valence-electron chi connectivity index (χ2n) is 6.87. The average molecular weight is 544 g/mol. The van der Waals surface area contributed by atoms with Gasteiger partial charge in [0.05, 0.1) is 6.61 Å². The smallest absolute Gasteiger partial charge is 0.162 e. The van der Waals surface area contributed by atoms with Crippen molar-refractivity contribution in [2.24, 2.45) is 0 Å². The van der Waals surface area contributed by atoms with Gasteiger partial charge in [0, 0.05) is 31.6 Å². The molecule has 164 valence electrons. The molecule has 0 spiro atoms. The molecule has 3 aromatic rings. The summed E-state index contributed by atoms with van der Waals surface area (Å²) in [6.07, 6.45) is 0.810.